The Morgan fingerprint density at radius 3 is 2.45 bits per heavy atom. The highest BCUT2D eigenvalue weighted by Gasteiger charge is 2.18. The molecule has 0 aliphatic carbocycles. The molecule has 0 bridgehead atoms. The molecule has 1 amide bonds. The predicted octanol–water partition coefficient (Wildman–Crippen LogP) is 2.42. The SMILES string of the molecule is CC(=O)N(CC(=O)O)c1ccc(OCC(C)(C)C)c(C#N)c1. The number of aliphatic carboxylic acids is 1. The zero-order chi connectivity index (χ0) is 16.9. The molecule has 1 rings (SSSR count). The molecule has 1 N–H and O–H groups in total. The Hall–Kier alpha value is -2.55. The third kappa shape index (κ3) is 5.09. The van der Waals surface area contributed by atoms with Gasteiger partial charge in [0, 0.05) is 12.6 Å². The Labute approximate surface area is 129 Å². The number of carboxylic acid groups (broad SMARTS) is 1. The van der Waals surface area contributed by atoms with E-state index in [4.69, 9.17) is 9.84 Å². The van der Waals surface area contributed by atoms with Crippen molar-refractivity contribution in [1.29, 1.82) is 5.26 Å². The van der Waals surface area contributed by atoms with Crippen molar-refractivity contribution in [1.82, 2.24) is 0 Å². The van der Waals surface area contributed by atoms with Crippen LogP contribution in [0.25, 0.3) is 0 Å². The number of nitriles is 1. The number of rotatable bonds is 5. The maximum atomic E-state index is 11.6. The molecule has 118 valence electrons. The molecule has 6 nitrogen and oxygen atoms in total. The standard InChI is InChI=1S/C16H20N2O4/c1-11(19)18(9-15(20)21)13-5-6-14(12(7-13)8-17)22-10-16(2,3)4/h5-7H,9-10H2,1-4H3,(H,20,21). The lowest BCUT2D eigenvalue weighted by atomic mass is 9.98. The van der Waals surface area contributed by atoms with Crippen LogP contribution in [0, 0.1) is 16.7 Å². The monoisotopic (exact) mass is 304 g/mol. The molecule has 0 heterocycles. The first kappa shape index (κ1) is 17.5. The minimum Gasteiger partial charge on any atom is -0.492 e. The lowest BCUT2D eigenvalue weighted by Gasteiger charge is -2.22. The zero-order valence-electron chi connectivity index (χ0n) is 13.2. The number of carbonyl (C=O) groups is 2. The van der Waals surface area contributed by atoms with Crippen LogP contribution in [0.5, 0.6) is 5.75 Å². The van der Waals surface area contributed by atoms with Crippen LogP contribution in [0.3, 0.4) is 0 Å². The summed E-state index contributed by atoms with van der Waals surface area (Å²) in [5.41, 5.74) is 0.563. The van der Waals surface area contributed by atoms with E-state index in [-0.39, 0.29) is 11.0 Å². The summed E-state index contributed by atoms with van der Waals surface area (Å²) < 4.78 is 5.63. The van der Waals surface area contributed by atoms with E-state index in [1.54, 1.807) is 12.1 Å². The second kappa shape index (κ2) is 6.94. The molecule has 1 aromatic rings. The molecule has 0 aromatic heterocycles. The van der Waals surface area contributed by atoms with E-state index in [9.17, 15) is 14.9 Å². The van der Waals surface area contributed by atoms with Crippen molar-refractivity contribution in [3.05, 3.63) is 23.8 Å². The average molecular weight is 304 g/mol. The molecule has 0 unspecified atom stereocenters. The number of amides is 1. The Morgan fingerprint density at radius 2 is 2.00 bits per heavy atom. The Balaban J connectivity index is 3.08. The first-order chi connectivity index (χ1) is 10.1. The summed E-state index contributed by atoms with van der Waals surface area (Å²) in [5, 5.41) is 18.1. The van der Waals surface area contributed by atoms with Gasteiger partial charge < -0.3 is 14.7 Å². The van der Waals surface area contributed by atoms with Gasteiger partial charge in [0.2, 0.25) is 5.91 Å². The van der Waals surface area contributed by atoms with Gasteiger partial charge in [-0.15, -0.1) is 0 Å². The second-order valence-electron chi connectivity index (χ2n) is 6.14. The average Bonchev–Trinajstić information content (AvgIpc) is 2.41. The van der Waals surface area contributed by atoms with Crippen molar-refractivity contribution in [2.45, 2.75) is 27.7 Å². The van der Waals surface area contributed by atoms with E-state index in [1.165, 1.54) is 13.0 Å². The molecule has 6 heteroatoms. The lowest BCUT2D eigenvalue weighted by molar-refractivity contribution is -0.136. The molecule has 0 spiro atoms. The van der Waals surface area contributed by atoms with Crippen LogP contribution >= 0.6 is 0 Å². The van der Waals surface area contributed by atoms with Crippen molar-refractivity contribution in [2.75, 3.05) is 18.1 Å². The molecule has 0 fully saturated rings. The second-order valence-corrected chi connectivity index (χ2v) is 6.14. The van der Waals surface area contributed by atoms with Crippen LogP contribution in [0.1, 0.15) is 33.3 Å². The fraction of sp³-hybridized carbons (Fsp3) is 0.438. The lowest BCUT2D eigenvalue weighted by Crippen LogP contribution is -2.33. The van der Waals surface area contributed by atoms with Gasteiger partial charge in [0.15, 0.2) is 0 Å². The fourth-order valence-corrected chi connectivity index (χ4v) is 1.71. The molecule has 0 aliphatic rings. The number of nitrogens with zero attached hydrogens (tertiary/aromatic N) is 2. The number of hydrogen-bond acceptors (Lipinski definition) is 4. The van der Waals surface area contributed by atoms with Gasteiger partial charge >= 0.3 is 5.97 Å². The largest absolute Gasteiger partial charge is 0.492 e. The highest BCUT2D eigenvalue weighted by molar-refractivity contribution is 5.96. The third-order valence-electron chi connectivity index (χ3n) is 2.73. The van der Waals surface area contributed by atoms with E-state index in [2.05, 4.69) is 0 Å². The van der Waals surface area contributed by atoms with E-state index < -0.39 is 18.4 Å². The number of benzene rings is 1. The zero-order valence-corrected chi connectivity index (χ0v) is 13.2. The van der Waals surface area contributed by atoms with Crippen molar-refractivity contribution in [3.8, 4) is 11.8 Å². The number of hydrogen-bond donors (Lipinski definition) is 1. The van der Waals surface area contributed by atoms with Gasteiger partial charge in [-0.25, -0.2) is 0 Å². The third-order valence-corrected chi connectivity index (χ3v) is 2.73. The highest BCUT2D eigenvalue weighted by Crippen LogP contribution is 2.26. The summed E-state index contributed by atoms with van der Waals surface area (Å²) in [4.78, 5) is 23.5. The summed E-state index contributed by atoms with van der Waals surface area (Å²) in [7, 11) is 0. The normalized spacial score (nSPS) is 10.7. The summed E-state index contributed by atoms with van der Waals surface area (Å²) in [6, 6.07) is 6.62. The van der Waals surface area contributed by atoms with Gasteiger partial charge in [0.1, 0.15) is 18.4 Å². The maximum absolute atomic E-state index is 11.6. The fourth-order valence-electron chi connectivity index (χ4n) is 1.71. The van der Waals surface area contributed by atoms with Crippen LogP contribution in [-0.2, 0) is 9.59 Å². The van der Waals surface area contributed by atoms with Crippen LogP contribution in [0.15, 0.2) is 18.2 Å². The quantitative estimate of drug-likeness (QED) is 0.902. The van der Waals surface area contributed by atoms with Crippen molar-refractivity contribution >= 4 is 17.6 Å². The Kier molecular flexibility index (Phi) is 5.52. The molecule has 0 saturated heterocycles. The minimum atomic E-state index is -1.12. The molecule has 0 atom stereocenters. The molecular weight excluding hydrogens is 284 g/mol. The van der Waals surface area contributed by atoms with Crippen LogP contribution in [-0.4, -0.2) is 30.1 Å². The maximum Gasteiger partial charge on any atom is 0.323 e. The van der Waals surface area contributed by atoms with E-state index in [0.29, 0.717) is 18.0 Å². The summed E-state index contributed by atoms with van der Waals surface area (Å²) in [6.45, 7) is 7.29. The highest BCUT2D eigenvalue weighted by atomic mass is 16.5. The summed E-state index contributed by atoms with van der Waals surface area (Å²) in [5.74, 6) is -1.11. The molecular formula is C16H20N2O4. The number of anilines is 1. The van der Waals surface area contributed by atoms with Crippen molar-refractivity contribution in [2.24, 2.45) is 5.41 Å². The predicted molar refractivity (Wildman–Crippen MR) is 81.8 cm³/mol. The van der Waals surface area contributed by atoms with Crippen molar-refractivity contribution in [3.63, 3.8) is 0 Å². The Morgan fingerprint density at radius 1 is 1.36 bits per heavy atom. The van der Waals surface area contributed by atoms with E-state index in [1.807, 2.05) is 26.8 Å². The first-order valence-electron chi connectivity index (χ1n) is 6.81. The number of carbonyl (C=O) groups excluding carboxylic acids is 1. The van der Waals surface area contributed by atoms with Crippen LogP contribution < -0.4 is 9.64 Å². The first-order valence-corrected chi connectivity index (χ1v) is 6.81. The number of carboxylic acids is 1. The van der Waals surface area contributed by atoms with Gasteiger partial charge in [-0.2, -0.15) is 5.26 Å². The van der Waals surface area contributed by atoms with Gasteiger partial charge in [0.25, 0.3) is 0 Å². The van der Waals surface area contributed by atoms with Crippen molar-refractivity contribution < 1.29 is 19.4 Å². The molecule has 0 saturated carbocycles. The molecule has 22 heavy (non-hydrogen) atoms. The smallest absolute Gasteiger partial charge is 0.323 e. The summed E-state index contributed by atoms with van der Waals surface area (Å²) >= 11 is 0. The Bertz CT molecular complexity index is 612. The minimum absolute atomic E-state index is 0.0554. The molecule has 0 radical (unpaired) electrons. The van der Waals surface area contributed by atoms with Gasteiger partial charge in [-0.05, 0) is 23.6 Å². The van der Waals surface area contributed by atoms with Gasteiger partial charge in [-0.3, -0.25) is 9.59 Å². The van der Waals surface area contributed by atoms with E-state index >= 15 is 0 Å². The molecule has 0 aliphatic heterocycles. The topological polar surface area (TPSA) is 90.6 Å². The van der Waals surface area contributed by atoms with Crippen LogP contribution in [0.4, 0.5) is 5.69 Å². The van der Waals surface area contributed by atoms with Crippen LogP contribution in [0.2, 0.25) is 0 Å². The number of ether oxygens (including phenoxy) is 1. The summed E-state index contributed by atoms with van der Waals surface area (Å²) in [6.07, 6.45) is 0. The van der Waals surface area contributed by atoms with Gasteiger partial charge in [-0.1, -0.05) is 20.8 Å². The van der Waals surface area contributed by atoms with E-state index in [0.717, 1.165) is 4.90 Å². The molecule has 1 aromatic carbocycles. The van der Waals surface area contributed by atoms with Gasteiger partial charge in [0.05, 0.1) is 12.2 Å².